The number of rotatable bonds is 5. The minimum atomic E-state index is -0.682. The van der Waals surface area contributed by atoms with Gasteiger partial charge in [0, 0.05) is 13.1 Å². The number of nitrogens with zero attached hydrogens (tertiary/aromatic N) is 5. The van der Waals surface area contributed by atoms with Crippen LogP contribution < -0.4 is 5.56 Å². The lowest BCUT2D eigenvalue weighted by Crippen LogP contribution is -2.44. The van der Waals surface area contributed by atoms with Crippen LogP contribution in [0.2, 0.25) is 0 Å². The Hall–Kier alpha value is -3.74. The smallest absolute Gasteiger partial charge is 0.295 e. The number of carbonyl (C=O) groups excluding carboxylic acids is 1. The van der Waals surface area contributed by atoms with Gasteiger partial charge in [0.05, 0.1) is 22.5 Å². The third kappa shape index (κ3) is 4.38. The van der Waals surface area contributed by atoms with Gasteiger partial charge in [-0.15, -0.1) is 0 Å². The van der Waals surface area contributed by atoms with Crippen molar-refractivity contribution in [3.05, 3.63) is 88.0 Å². The van der Waals surface area contributed by atoms with Gasteiger partial charge in [-0.3, -0.25) is 9.59 Å². The lowest BCUT2D eigenvalue weighted by atomic mass is 9.90. The Bertz CT molecular complexity index is 1400. The van der Waals surface area contributed by atoms with Crippen LogP contribution in [0.4, 0.5) is 0 Å². The maximum absolute atomic E-state index is 13.4. The van der Waals surface area contributed by atoms with Crippen molar-refractivity contribution in [2.45, 2.75) is 46.1 Å². The van der Waals surface area contributed by atoms with Gasteiger partial charge in [-0.25, -0.2) is 9.36 Å². The topological polar surface area (TPSA) is 73.0 Å². The number of piperidine rings is 1. The normalized spacial score (nSPS) is 15.5. The van der Waals surface area contributed by atoms with Gasteiger partial charge < -0.3 is 4.90 Å². The summed E-state index contributed by atoms with van der Waals surface area (Å²) < 4.78 is 3.09. The van der Waals surface area contributed by atoms with Crippen molar-refractivity contribution in [3.63, 3.8) is 0 Å². The fraction of sp³-hybridized carbons (Fsp3) is 0.357. The van der Waals surface area contributed by atoms with Gasteiger partial charge in [-0.05, 0) is 63.6 Å². The second-order valence-corrected chi connectivity index (χ2v) is 9.53. The van der Waals surface area contributed by atoms with Crippen LogP contribution in [0, 0.1) is 19.8 Å². The summed E-state index contributed by atoms with van der Waals surface area (Å²) in [6.45, 7) is 6.99. The van der Waals surface area contributed by atoms with Gasteiger partial charge in [0.25, 0.3) is 5.56 Å². The molecule has 180 valence electrons. The Morgan fingerprint density at radius 1 is 0.971 bits per heavy atom. The van der Waals surface area contributed by atoms with Crippen molar-refractivity contribution in [2.24, 2.45) is 5.92 Å². The van der Waals surface area contributed by atoms with E-state index in [-0.39, 0.29) is 11.5 Å². The Labute approximate surface area is 205 Å². The number of carbonyl (C=O) groups is 1. The molecule has 7 heteroatoms. The van der Waals surface area contributed by atoms with Crippen LogP contribution in [0.5, 0.6) is 0 Å². The number of hydrogen-bond donors (Lipinski definition) is 0. The van der Waals surface area contributed by atoms with Crippen molar-refractivity contribution in [1.82, 2.24) is 24.5 Å². The largest absolute Gasteiger partial charge is 0.341 e. The van der Waals surface area contributed by atoms with Crippen molar-refractivity contribution < 1.29 is 4.79 Å². The molecule has 0 bridgehead atoms. The highest BCUT2D eigenvalue weighted by Crippen LogP contribution is 2.25. The van der Waals surface area contributed by atoms with E-state index in [2.05, 4.69) is 34.5 Å². The van der Waals surface area contributed by atoms with E-state index < -0.39 is 6.04 Å². The van der Waals surface area contributed by atoms with E-state index in [1.165, 1.54) is 10.2 Å². The SMILES string of the molecule is Cc1nn([C@@H](C)C(=O)N2CCC(Cc3ccccc3)CC2)c(=O)c2nn(-c3ccccc3)c(C)c12. The van der Waals surface area contributed by atoms with Crippen LogP contribution in [0.15, 0.2) is 65.5 Å². The summed E-state index contributed by atoms with van der Waals surface area (Å²) in [7, 11) is 0. The monoisotopic (exact) mass is 469 g/mol. The lowest BCUT2D eigenvalue weighted by Gasteiger charge is -2.33. The second-order valence-electron chi connectivity index (χ2n) is 9.53. The molecule has 1 saturated heterocycles. The molecule has 1 aliphatic heterocycles. The van der Waals surface area contributed by atoms with Crippen LogP contribution in [0.25, 0.3) is 16.6 Å². The Morgan fingerprint density at radius 3 is 2.26 bits per heavy atom. The first-order chi connectivity index (χ1) is 16.9. The Balaban J connectivity index is 1.36. The molecule has 0 saturated carbocycles. The molecule has 1 amide bonds. The van der Waals surface area contributed by atoms with Crippen LogP contribution >= 0.6 is 0 Å². The average molecular weight is 470 g/mol. The van der Waals surface area contributed by atoms with Crippen LogP contribution in [0.3, 0.4) is 0 Å². The van der Waals surface area contributed by atoms with E-state index in [0.29, 0.717) is 30.2 Å². The summed E-state index contributed by atoms with van der Waals surface area (Å²) in [5.41, 5.74) is 3.80. The second kappa shape index (κ2) is 9.49. The predicted molar refractivity (Wildman–Crippen MR) is 137 cm³/mol. The highest BCUT2D eigenvalue weighted by Gasteiger charge is 2.29. The number of fused-ring (bicyclic) bond motifs is 1. The molecule has 0 unspecified atom stereocenters. The first-order valence-corrected chi connectivity index (χ1v) is 12.3. The molecule has 7 nitrogen and oxygen atoms in total. The van der Waals surface area contributed by atoms with Crippen molar-refractivity contribution >= 4 is 16.8 Å². The maximum Gasteiger partial charge on any atom is 0.295 e. The first kappa shape index (κ1) is 23.0. The minimum Gasteiger partial charge on any atom is -0.341 e. The van der Waals surface area contributed by atoms with Gasteiger partial charge in [-0.2, -0.15) is 10.2 Å². The molecular weight excluding hydrogens is 438 g/mol. The van der Waals surface area contributed by atoms with E-state index >= 15 is 0 Å². The number of amides is 1. The fourth-order valence-corrected chi connectivity index (χ4v) is 5.21. The molecule has 0 aliphatic carbocycles. The van der Waals surface area contributed by atoms with Gasteiger partial charge >= 0.3 is 0 Å². The van der Waals surface area contributed by atoms with Crippen molar-refractivity contribution in [1.29, 1.82) is 0 Å². The third-order valence-corrected chi connectivity index (χ3v) is 7.16. The van der Waals surface area contributed by atoms with Gasteiger partial charge in [0.2, 0.25) is 5.91 Å². The lowest BCUT2D eigenvalue weighted by molar-refractivity contribution is -0.136. The minimum absolute atomic E-state index is 0.0595. The van der Waals surface area contributed by atoms with Crippen LogP contribution in [-0.4, -0.2) is 43.5 Å². The highest BCUT2D eigenvalue weighted by molar-refractivity contribution is 5.84. The molecule has 2 aromatic carbocycles. The van der Waals surface area contributed by atoms with Gasteiger partial charge in [0.1, 0.15) is 6.04 Å². The van der Waals surface area contributed by atoms with E-state index in [1.807, 2.05) is 55.1 Å². The zero-order valence-corrected chi connectivity index (χ0v) is 20.5. The number of benzene rings is 2. The average Bonchev–Trinajstić information content (AvgIpc) is 3.25. The van der Waals surface area contributed by atoms with Crippen LogP contribution in [0.1, 0.15) is 42.8 Å². The molecule has 4 aromatic rings. The van der Waals surface area contributed by atoms with E-state index in [4.69, 9.17) is 0 Å². The first-order valence-electron chi connectivity index (χ1n) is 12.3. The van der Waals surface area contributed by atoms with Gasteiger partial charge in [-0.1, -0.05) is 48.5 Å². The number of aromatic nitrogens is 4. The maximum atomic E-state index is 13.4. The summed E-state index contributed by atoms with van der Waals surface area (Å²) in [4.78, 5) is 28.7. The van der Waals surface area contributed by atoms with Crippen LogP contribution in [-0.2, 0) is 11.2 Å². The molecule has 0 spiro atoms. The number of para-hydroxylation sites is 1. The molecule has 2 aromatic heterocycles. The number of hydrogen-bond acceptors (Lipinski definition) is 4. The molecule has 35 heavy (non-hydrogen) atoms. The number of aryl methyl sites for hydroxylation is 2. The summed E-state index contributed by atoms with van der Waals surface area (Å²) in [5.74, 6) is 0.511. The third-order valence-electron chi connectivity index (χ3n) is 7.16. The van der Waals surface area contributed by atoms with E-state index in [9.17, 15) is 9.59 Å². The highest BCUT2D eigenvalue weighted by atomic mass is 16.2. The molecule has 0 radical (unpaired) electrons. The summed E-state index contributed by atoms with van der Waals surface area (Å²) in [5, 5.41) is 9.93. The Kier molecular flexibility index (Phi) is 6.24. The molecule has 5 rings (SSSR count). The van der Waals surface area contributed by atoms with Gasteiger partial charge in [0.15, 0.2) is 5.52 Å². The molecule has 1 aliphatic rings. The van der Waals surface area contributed by atoms with Crippen molar-refractivity contribution in [2.75, 3.05) is 13.1 Å². The number of likely N-dealkylation sites (tertiary alicyclic amines) is 1. The Morgan fingerprint density at radius 2 is 1.60 bits per heavy atom. The van der Waals surface area contributed by atoms with E-state index in [1.54, 1.807) is 11.6 Å². The van der Waals surface area contributed by atoms with Crippen molar-refractivity contribution in [3.8, 4) is 5.69 Å². The standard InChI is InChI=1S/C28H31N5O2/c1-19-25-20(2)32(24-12-8-5-9-13-24)30-26(25)28(35)33(29-19)21(3)27(34)31-16-14-23(15-17-31)18-22-10-6-4-7-11-22/h4-13,21,23H,14-18H2,1-3H3/t21-/m0/s1. The predicted octanol–water partition coefficient (Wildman–Crippen LogP) is 4.24. The fourth-order valence-electron chi connectivity index (χ4n) is 5.21. The summed E-state index contributed by atoms with van der Waals surface area (Å²) in [6, 6.07) is 19.6. The molecule has 1 atom stereocenters. The quantitative estimate of drug-likeness (QED) is 0.438. The molecule has 1 fully saturated rings. The molecule has 3 heterocycles. The zero-order chi connectivity index (χ0) is 24.5. The van der Waals surface area contributed by atoms with E-state index in [0.717, 1.165) is 36.0 Å². The summed E-state index contributed by atoms with van der Waals surface area (Å²) >= 11 is 0. The summed E-state index contributed by atoms with van der Waals surface area (Å²) in [6.07, 6.45) is 2.97. The molecule has 0 N–H and O–H groups in total. The molecular formula is C28H31N5O2. The zero-order valence-electron chi connectivity index (χ0n) is 20.5.